The lowest BCUT2D eigenvalue weighted by Gasteiger charge is -2.20. The van der Waals surface area contributed by atoms with Gasteiger partial charge in [-0.2, -0.15) is 0 Å². The van der Waals surface area contributed by atoms with Crippen LogP contribution in [0.1, 0.15) is 66.5 Å². The minimum atomic E-state index is -0.569. The number of fused-ring (bicyclic) bond motifs is 1. The minimum Gasteiger partial charge on any atom is -0.460 e. The van der Waals surface area contributed by atoms with Crippen LogP contribution in [0.25, 0.3) is 10.9 Å². The Morgan fingerprint density at radius 1 is 0.879 bits per heavy atom. The molecule has 1 heterocycles. The normalized spacial score (nSPS) is 12.0. The molecule has 8 heteroatoms. The van der Waals surface area contributed by atoms with Crippen molar-refractivity contribution in [2.75, 3.05) is 12.4 Å². The first kappa shape index (κ1) is 26.4. The van der Waals surface area contributed by atoms with Crippen LogP contribution in [0.4, 0.5) is 5.69 Å². The molecular formula is C25H37N3O5. The van der Waals surface area contributed by atoms with Crippen molar-refractivity contribution in [3.05, 3.63) is 30.0 Å². The first-order valence-corrected chi connectivity index (χ1v) is 11.3. The maximum Gasteiger partial charge on any atom is 0.308 e. The van der Waals surface area contributed by atoms with E-state index in [0.29, 0.717) is 18.8 Å². The zero-order valence-electron chi connectivity index (χ0n) is 20.8. The molecule has 0 aliphatic rings. The predicted octanol–water partition coefficient (Wildman–Crippen LogP) is 4.15. The average molecular weight is 460 g/mol. The third-order valence-electron chi connectivity index (χ3n) is 4.56. The van der Waals surface area contributed by atoms with Crippen LogP contribution in [-0.4, -0.2) is 40.7 Å². The van der Waals surface area contributed by atoms with Gasteiger partial charge >= 0.3 is 11.9 Å². The third-order valence-corrected chi connectivity index (χ3v) is 4.56. The Labute approximate surface area is 196 Å². The Hall–Kier alpha value is -2.87. The Bertz CT molecular complexity index is 996. The molecule has 33 heavy (non-hydrogen) atoms. The quantitative estimate of drug-likeness (QED) is 0.547. The van der Waals surface area contributed by atoms with E-state index in [-0.39, 0.29) is 31.1 Å². The van der Waals surface area contributed by atoms with Gasteiger partial charge in [0.25, 0.3) is 0 Å². The molecule has 2 N–H and O–H groups in total. The van der Waals surface area contributed by atoms with E-state index >= 15 is 0 Å². The zero-order valence-corrected chi connectivity index (χ0v) is 20.8. The molecule has 0 spiro atoms. The van der Waals surface area contributed by atoms with Gasteiger partial charge in [0.15, 0.2) is 0 Å². The van der Waals surface area contributed by atoms with E-state index in [1.807, 2.05) is 52.1 Å². The number of rotatable bonds is 9. The summed E-state index contributed by atoms with van der Waals surface area (Å²) in [5.74, 6) is -0.888. The summed E-state index contributed by atoms with van der Waals surface area (Å²) in [6.07, 6.45) is 0.342. The van der Waals surface area contributed by atoms with Crippen molar-refractivity contribution in [1.82, 2.24) is 9.88 Å². The molecule has 0 aliphatic heterocycles. The van der Waals surface area contributed by atoms with Crippen LogP contribution in [0, 0.1) is 0 Å². The van der Waals surface area contributed by atoms with Gasteiger partial charge in [0.2, 0.25) is 5.91 Å². The molecule has 0 radical (unpaired) electrons. The number of anilines is 1. The molecule has 8 nitrogen and oxygen atoms in total. The van der Waals surface area contributed by atoms with Crippen LogP contribution in [0.5, 0.6) is 0 Å². The molecule has 0 bridgehead atoms. The molecule has 2 rings (SSSR count). The van der Waals surface area contributed by atoms with Gasteiger partial charge in [-0.3, -0.25) is 14.4 Å². The number of aryl methyl sites for hydroxylation is 1. The molecular weight excluding hydrogens is 422 g/mol. The van der Waals surface area contributed by atoms with Gasteiger partial charge in [-0.25, -0.2) is 0 Å². The van der Waals surface area contributed by atoms with Gasteiger partial charge in [0.1, 0.15) is 11.2 Å². The number of amides is 1. The summed E-state index contributed by atoms with van der Waals surface area (Å²) in [5.41, 5.74) is 1.57. The van der Waals surface area contributed by atoms with Gasteiger partial charge in [-0.15, -0.1) is 0 Å². The monoisotopic (exact) mass is 459 g/mol. The van der Waals surface area contributed by atoms with E-state index in [1.54, 1.807) is 20.8 Å². The fraction of sp³-hybridized carbons (Fsp3) is 0.560. The van der Waals surface area contributed by atoms with E-state index in [2.05, 4.69) is 15.2 Å². The number of nitrogens with one attached hydrogen (secondary N) is 2. The number of hydrogen-bond acceptors (Lipinski definition) is 6. The van der Waals surface area contributed by atoms with Crippen molar-refractivity contribution in [1.29, 1.82) is 0 Å². The van der Waals surface area contributed by atoms with E-state index in [9.17, 15) is 14.4 Å². The number of ether oxygens (including phenoxy) is 2. The van der Waals surface area contributed by atoms with Gasteiger partial charge in [-0.05, 0) is 72.9 Å². The highest BCUT2D eigenvalue weighted by molar-refractivity contribution is 5.95. The molecule has 1 aromatic heterocycles. The van der Waals surface area contributed by atoms with Crippen molar-refractivity contribution in [2.24, 2.45) is 0 Å². The molecule has 0 atom stereocenters. The van der Waals surface area contributed by atoms with Gasteiger partial charge in [0.05, 0.1) is 12.8 Å². The molecule has 0 aliphatic carbocycles. The second-order valence-electron chi connectivity index (χ2n) is 10.1. The summed E-state index contributed by atoms with van der Waals surface area (Å²) < 4.78 is 12.8. The van der Waals surface area contributed by atoms with Crippen LogP contribution in [-0.2, 0) is 36.9 Å². The SMILES string of the molecule is CNCc1cc2cc(NC(=O)CCC(=O)OC(C)(C)C)ccc2n1CCC(=O)OC(C)(C)C. The third kappa shape index (κ3) is 8.88. The Morgan fingerprint density at radius 3 is 2.06 bits per heavy atom. The molecule has 182 valence electrons. The van der Waals surface area contributed by atoms with Gasteiger partial charge < -0.3 is 24.7 Å². The van der Waals surface area contributed by atoms with Crippen LogP contribution < -0.4 is 10.6 Å². The summed E-state index contributed by atoms with van der Waals surface area (Å²) in [7, 11) is 1.87. The van der Waals surface area contributed by atoms with Crippen molar-refractivity contribution < 1.29 is 23.9 Å². The van der Waals surface area contributed by atoms with Crippen LogP contribution >= 0.6 is 0 Å². The van der Waals surface area contributed by atoms with E-state index in [0.717, 1.165) is 16.6 Å². The van der Waals surface area contributed by atoms with Gasteiger partial charge in [0, 0.05) is 41.8 Å². The fourth-order valence-electron chi connectivity index (χ4n) is 3.42. The molecule has 1 aromatic carbocycles. The number of benzene rings is 1. The highest BCUT2D eigenvalue weighted by Crippen LogP contribution is 2.25. The van der Waals surface area contributed by atoms with Crippen LogP contribution in [0.2, 0.25) is 0 Å². The highest BCUT2D eigenvalue weighted by Gasteiger charge is 2.19. The number of esters is 2. The van der Waals surface area contributed by atoms with Crippen molar-refractivity contribution in [2.45, 2.75) is 85.1 Å². The first-order valence-electron chi connectivity index (χ1n) is 11.3. The number of carbonyl (C=O) groups is 3. The van der Waals surface area contributed by atoms with Crippen LogP contribution in [0.15, 0.2) is 24.3 Å². The average Bonchev–Trinajstić information content (AvgIpc) is 2.98. The summed E-state index contributed by atoms with van der Waals surface area (Å²) in [4.78, 5) is 36.3. The highest BCUT2D eigenvalue weighted by atomic mass is 16.6. The minimum absolute atomic E-state index is 0.0265. The number of hydrogen-bond donors (Lipinski definition) is 2. The van der Waals surface area contributed by atoms with Crippen molar-refractivity contribution in [3.63, 3.8) is 0 Å². The van der Waals surface area contributed by atoms with E-state index in [4.69, 9.17) is 9.47 Å². The Morgan fingerprint density at radius 2 is 1.48 bits per heavy atom. The lowest BCUT2D eigenvalue weighted by atomic mass is 10.2. The fourth-order valence-corrected chi connectivity index (χ4v) is 3.42. The van der Waals surface area contributed by atoms with E-state index < -0.39 is 17.2 Å². The maximum absolute atomic E-state index is 12.3. The Balaban J connectivity index is 2.08. The molecule has 0 saturated carbocycles. The predicted molar refractivity (Wildman–Crippen MR) is 129 cm³/mol. The van der Waals surface area contributed by atoms with Crippen molar-refractivity contribution >= 4 is 34.4 Å². The molecule has 0 unspecified atom stereocenters. The largest absolute Gasteiger partial charge is 0.460 e. The first-order chi connectivity index (χ1) is 15.3. The number of nitrogens with zero attached hydrogens (tertiary/aromatic N) is 1. The zero-order chi connectivity index (χ0) is 24.8. The number of carbonyl (C=O) groups excluding carboxylic acids is 3. The van der Waals surface area contributed by atoms with Crippen LogP contribution in [0.3, 0.4) is 0 Å². The Kier molecular flexibility index (Phi) is 8.66. The lowest BCUT2D eigenvalue weighted by molar-refractivity contribution is -0.156. The summed E-state index contributed by atoms with van der Waals surface area (Å²) >= 11 is 0. The maximum atomic E-state index is 12.3. The number of aromatic nitrogens is 1. The van der Waals surface area contributed by atoms with Crippen molar-refractivity contribution in [3.8, 4) is 0 Å². The molecule has 0 fully saturated rings. The second-order valence-corrected chi connectivity index (χ2v) is 10.1. The molecule has 1 amide bonds. The molecule has 0 saturated heterocycles. The smallest absolute Gasteiger partial charge is 0.308 e. The standard InChI is InChI=1S/C25H37N3O5/c1-24(2,3)32-22(30)11-10-21(29)27-18-8-9-20-17(14-18)15-19(16-26-7)28(20)13-12-23(31)33-25(4,5)6/h8-9,14-15,26H,10-13,16H2,1-7H3,(H,27,29). The summed E-state index contributed by atoms with van der Waals surface area (Å²) in [6, 6.07) is 7.68. The second kappa shape index (κ2) is 10.8. The topological polar surface area (TPSA) is 98.7 Å². The van der Waals surface area contributed by atoms with Gasteiger partial charge in [-0.1, -0.05) is 0 Å². The lowest BCUT2D eigenvalue weighted by Crippen LogP contribution is -2.24. The molecule has 2 aromatic rings. The summed E-state index contributed by atoms with van der Waals surface area (Å²) in [5, 5.41) is 6.95. The van der Waals surface area contributed by atoms with E-state index in [1.165, 1.54) is 0 Å². The summed E-state index contributed by atoms with van der Waals surface area (Å²) in [6.45, 7) is 12.1.